The molecule has 1 N–H and O–H groups in total. The number of nitrogens with one attached hydrogen (secondary N) is 1. The second kappa shape index (κ2) is 5.67. The van der Waals surface area contributed by atoms with E-state index in [0.717, 1.165) is 29.1 Å². The van der Waals surface area contributed by atoms with Gasteiger partial charge in [0.1, 0.15) is 0 Å². The summed E-state index contributed by atoms with van der Waals surface area (Å²) >= 11 is 1.49. The van der Waals surface area contributed by atoms with Crippen molar-refractivity contribution in [2.75, 3.05) is 32.6 Å². The number of aryl methyl sites for hydroxylation is 1. The fourth-order valence-corrected chi connectivity index (χ4v) is 2.62. The molecule has 0 spiro atoms. The monoisotopic (exact) mass is 269 g/mol. The standard InChI is InChI=1S/C12H19N3O2S/c1-8-10(11(16)17-3)14-12(18-8)13-6-7-15(2)9-4-5-9/h9H,4-7H2,1-3H3,(H,13,14). The maximum atomic E-state index is 11.4. The van der Waals surface area contributed by atoms with E-state index >= 15 is 0 Å². The van der Waals surface area contributed by atoms with Crippen LogP contribution in [-0.4, -0.2) is 49.1 Å². The quantitative estimate of drug-likeness (QED) is 0.797. The van der Waals surface area contributed by atoms with Gasteiger partial charge in [-0.1, -0.05) is 0 Å². The second-order valence-electron chi connectivity index (χ2n) is 4.55. The van der Waals surface area contributed by atoms with Crippen molar-refractivity contribution in [2.24, 2.45) is 0 Å². The topological polar surface area (TPSA) is 54.5 Å². The van der Waals surface area contributed by atoms with Crippen molar-refractivity contribution in [3.05, 3.63) is 10.6 Å². The molecular weight excluding hydrogens is 250 g/mol. The van der Waals surface area contributed by atoms with Gasteiger partial charge in [-0.15, -0.1) is 11.3 Å². The molecule has 1 saturated carbocycles. The fraction of sp³-hybridized carbons (Fsp3) is 0.667. The predicted octanol–water partition coefficient (Wildman–Crippen LogP) is 1.74. The highest BCUT2D eigenvalue weighted by Crippen LogP contribution is 2.25. The van der Waals surface area contributed by atoms with Crippen LogP contribution in [0.5, 0.6) is 0 Å². The number of esters is 1. The average molecular weight is 269 g/mol. The Morgan fingerprint density at radius 2 is 2.33 bits per heavy atom. The Morgan fingerprint density at radius 3 is 2.94 bits per heavy atom. The van der Waals surface area contributed by atoms with Crippen molar-refractivity contribution in [2.45, 2.75) is 25.8 Å². The Kier molecular flexibility index (Phi) is 4.19. The van der Waals surface area contributed by atoms with Gasteiger partial charge in [-0.3, -0.25) is 0 Å². The Labute approximate surface area is 111 Å². The largest absolute Gasteiger partial charge is 0.464 e. The first-order valence-electron chi connectivity index (χ1n) is 6.11. The summed E-state index contributed by atoms with van der Waals surface area (Å²) in [6.07, 6.45) is 2.64. The van der Waals surface area contributed by atoms with Crippen LogP contribution in [0.1, 0.15) is 28.2 Å². The molecule has 1 fully saturated rings. The van der Waals surface area contributed by atoms with Crippen LogP contribution in [-0.2, 0) is 4.74 Å². The highest BCUT2D eigenvalue weighted by molar-refractivity contribution is 7.15. The van der Waals surface area contributed by atoms with Gasteiger partial charge in [0.05, 0.1) is 7.11 Å². The Bertz CT molecular complexity index is 429. The number of aromatic nitrogens is 1. The molecule has 1 aliphatic rings. The van der Waals surface area contributed by atoms with Crippen LogP contribution in [0.15, 0.2) is 0 Å². The fourth-order valence-electron chi connectivity index (χ4n) is 1.80. The molecule has 6 heteroatoms. The molecule has 1 aliphatic carbocycles. The number of carbonyl (C=O) groups excluding carboxylic acids is 1. The van der Waals surface area contributed by atoms with Gasteiger partial charge >= 0.3 is 5.97 Å². The Balaban J connectivity index is 1.83. The number of hydrogen-bond acceptors (Lipinski definition) is 6. The van der Waals surface area contributed by atoms with Crippen LogP contribution in [0.2, 0.25) is 0 Å². The molecule has 100 valence electrons. The predicted molar refractivity (Wildman–Crippen MR) is 72.3 cm³/mol. The lowest BCUT2D eigenvalue weighted by atomic mass is 10.4. The number of rotatable bonds is 6. The second-order valence-corrected chi connectivity index (χ2v) is 5.76. The first-order valence-corrected chi connectivity index (χ1v) is 6.93. The van der Waals surface area contributed by atoms with E-state index in [9.17, 15) is 4.79 Å². The maximum absolute atomic E-state index is 11.4. The lowest BCUT2D eigenvalue weighted by Crippen LogP contribution is -2.26. The van der Waals surface area contributed by atoms with E-state index in [2.05, 4.69) is 27.0 Å². The van der Waals surface area contributed by atoms with E-state index in [4.69, 9.17) is 0 Å². The molecule has 2 rings (SSSR count). The summed E-state index contributed by atoms with van der Waals surface area (Å²) in [5.41, 5.74) is 0.417. The third-order valence-electron chi connectivity index (χ3n) is 3.09. The van der Waals surface area contributed by atoms with Crippen molar-refractivity contribution in [1.82, 2.24) is 9.88 Å². The van der Waals surface area contributed by atoms with Gasteiger partial charge in [-0.25, -0.2) is 9.78 Å². The number of thiazole rings is 1. The molecule has 18 heavy (non-hydrogen) atoms. The molecule has 1 heterocycles. The molecule has 0 radical (unpaired) electrons. The summed E-state index contributed by atoms with van der Waals surface area (Å²) in [5.74, 6) is -0.369. The minimum Gasteiger partial charge on any atom is -0.464 e. The summed E-state index contributed by atoms with van der Waals surface area (Å²) in [6, 6.07) is 0.774. The summed E-state index contributed by atoms with van der Waals surface area (Å²) in [7, 11) is 3.52. The van der Waals surface area contributed by atoms with E-state index in [1.807, 2.05) is 6.92 Å². The van der Waals surface area contributed by atoms with Crippen LogP contribution in [0, 0.1) is 6.92 Å². The number of nitrogens with zero attached hydrogens (tertiary/aromatic N) is 2. The van der Waals surface area contributed by atoms with Gasteiger partial charge in [0.2, 0.25) is 0 Å². The molecule has 0 atom stereocenters. The molecule has 0 aliphatic heterocycles. The van der Waals surface area contributed by atoms with Crippen molar-refractivity contribution in [1.29, 1.82) is 0 Å². The van der Waals surface area contributed by atoms with E-state index < -0.39 is 0 Å². The lowest BCUT2D eigenvalue weighted by Gasteiger charge is -2.15. The van der Waals surface area contributed by atoms with Gasteiger partial charge in [-0.05, 0) is 26.8 Å². The van der Waals surface area contributed by atoms with Gasteiger partial charge in [0.15, 0.2) is 10.8 Å². The highest BCUT2D eigenvalue weighted by Gasteiger charge is 2.25. The lowest BCUT2D eigenvalue weighted by molar-refractivity contribution is 0.0594. The van der Waals surface area contributed by atoms with Gasteiger partial charge < -0.3 is 15.0 Å². The third kappa shape index (κ3) is 3.20. The van der Waals surface area contributed by atoms with Gasteiger partial charge in [0, 0.05) is 24.0 Å². The molecular formula is C12H19N3O2S. The van der Waals surface area contributed by atoms with E-state index in [0.29, 0.717) is 5.69 Å². The van der Waals surface area contributed by atoms with Crippen LogP contribution in [0.25, 0.3) is 0 Å². The number of anilines is 1. The van der Waals surface area contributed by atoms with Crippen molar-refractivity contribution < 1.29 is 9.53 Å². The van der Waals surface area contributed by atoms with Crippen LogP contribution >= 0.6 is 11.3 Å². The smallest absolute Gasteiger partial charge is 0.357 e. The van der Waals surface area contributed by atoms with Crippen molar-refractivity contribution in [3.63, 3.8) is 0 Å². The maximum Gasteiger partial charge on any atom is 0.357 e. The molecule has 0 bridgehead atoms. The molecule has 0 saturated heterocycles. The van der Waals surface area contributed by atoms with E-state index in [-0.39, 0.29) is 5.97 Å². The molecule has 0 amide bonds. The number of carbonyl (C=O) groups is 1. The van der Waals surface area contributed by atoms with Crippen molar-refractivity contribution >= 4 is 22.4 Å². The minimum absolute atomic E-state index is 0.369. The van der Waals surface area contributed by atoms with Crippen LogP contribution < -0.4 is 5.32 Å². The van der Waals surface area contributed by atoms with Crippen LogP contribution in [0.3, 0.4) is 0 Å². The van der Waals surface area contributed by atoms with E-state index in [1.54, 1.807) is 0 Å². The average Bonchev–Trinajstić information content (AvgIpc) is 3.13. The number of hydrogen-bond donors (Lipinski definition) is 1. The van der Waals surface area contributed by atoms with Gasteiger partial charge in [0.25, 0.3) is 0 Å². The minimum atomic E-state index is -0.369. The Morgan fingerprint density at radius 1 is 1.61 bits per heavy atom. The molecule has 0 unspecified atom stereocenters. The molecule has 0 aromatic carbocycles. The Hall–Kier alpha value is -1.14. The first kappa shape index (κ1) is 13.3. The summed E-state index contributed by atoms with van der Waals surface area (Å²) < 4.78 is 4.68. The summed E-state index contributed by atoms with van der Waals surface area (Å²) in [4.78, 5) is 18.9. The van der Waals surface area contributed by atoms with Gasteiger partial charge in [-0.2, -0.15) is 0 Å². The molecule has 1 aromatic heterocycles. The number of ether oxygens (including phenoxy) is 1. The zero-order valence-electron chi connectivity index (χ0n) is 11.0. The highest BCUT2D eigenvalue weighted by atomic mass is 32.1. The van der Waals surface area contributed by atoms with E-state index in [1.165, 1.54) is 31.3 Å². The normalized spacial score (nSPS) is 14.9. The zero-order chi connectivity index (χ0) is 13.1. The SMILES string of the molecule is COC(=O)c1nc(NCCN(C)C2CC2)sc1C. The molecule has 5 nitrogen and oxygen atoms in total. The molecule has 1 aromatic rings. The zero-order valence-corrected chi connectivity index (χ0v) is 11.8. The van der Waals surface area contributed by atoms with Crippen molar-refractivity contribution in [3.8, 4) is 0 Å². The number of methoxy groups -OCH3 is 1. The summed E-state index contributed by atoms with van der Waals surface area (Å²) in [6.45, 7) is 3.73. The third-order valence-corrected chi connectivity index (χ3v) is 4.01. The number of likely N-dealkylation sites (N-methyl/N-ethyl adjacent to an activating group) is 1. The first-order chi connectivity index (χ1) is 8.61. The summed E-state index contributed by atoms with van der Waals surface area (Å²) in [5, 5.41) is 4.05. The van der Waals surface area contributed by atoms with Crippen LogP contribution in [0.4, 0.5) is 5.13 Å².